The highest BCUT2D eigenvalue weighted by Crippen LogP contribution is 2.23. The molecule has 1 rings (SSSR count). The van der Waals surface area contributed by atoms with Gasteiger partial charge in [0.1, 0.15) is 24.9 Å². The molecule has 1 fully saturated rings. The lowest BCUT2D eigenvalue weighted by Crippen LogP contribution is -2.60. The molecule has 1 aliphatic rings. The van der Waals surface area contributed by atoms with Gasteiger partial charge in [0, 0.05) is 12.8 Å². The summed E-state index contributed by atoms with van der Waals surface area (Å²) in [6, 6.07) is 0. The zero-order valence-electron chi connectivity index (χ0n) is 40.6. The summed E-state index contributed by atoms with van der Waals surface area (Å²) in [6.45, 7) is 3.86. The maximum Gasteiger partial charge on any atom is 0.335 e. The number of ether oxygens (including phenoxy) is 4. The van der Waals surface area contributed by atoms with E-state index in [4.69, 9.17) is 18.9 Å². The summed E-state index contributed by atoms with van der Waals surface area (Å²) in [6.07, 6.45) is 37.4. The van der Waals surface area contributed by atoms with Crippen molar-refractivity contribution in [1.29, 1.82) is 0 Å². The van der Waals surface area contributed by atoms with Crippen LogP contribution in [0.2, 0.25) is 0 Å². The minimum Gasteiger partial charge on any atom is -0.479 e. The summed E-state index contributed by atoms with van der Waals surface area (Å²) < 4.78 is 21.8. The second-order valence-electron chi connectivity index (χ2n) is 18.7. The molecule has 0 aromatic rings. The van der Waals surface area contributed by atoms with Crippen LogP contribution in [0, 0.1) is 0 Å². The third-order valence-electron chi connectivity index (χ3n) is 12.7. The third kappa shape index (κ3) is 34.2. The molecule has 0 aromatic carbocycles. The number of aliphatic hydroxyl groups excluding tert-OH is 3. The van der Waals surface area contributed by atoms with Gasteiger partial charge in [-0.1, -0.05) is 239 Å². The molecule has 11 nitrogen and oxygen atoms in total. The van der Waals surface area contributed by atoms with E-state index in [0.29, 0.717) is 12.8 Å². The SMILES string of the molecule is CCCCCCCCCCCCCCCCCCCCCCCCCCC(=O)OCC(COC1OC(C(=O)O)C(O)C(O)C1O)OC(=O)CCCCCCCCCCCCCCC. The van der Waals surface area contributed by atoms with Crippen molar-refractivity contribution < 1.29 is 53.8 Å². The number of hydrogen-bond donors (Lipinski definition) is 4. The van der Waals surface area contributed by atoms with Crippen LogP contribution in [0.4, 0.5) is 0 Å². The lowest BCUT2D eigenvalue weighted by Gasteiger charge is -2.38. The van der Waals surface area contributed by atoms with E-state index >= 15 is 0 Å². The largest absolute Gasteiger partial charge is 0.479 e. The molecule has 372 valence electrons. The molecule has 11 heteroatoms. The number of esters is 2. The Morgan fingerprint density at radius 2 is 0.746 bits per heavy atom. The molecule has 1 saturated heterocycles. The highest BCUT2D eigenvalue weighted by atomic mass is 16.7. The number of carbonyl (C=O) groups excluding carboxylic acids is 2. The van der Waals surface area contributed by atoms with Gasteiger partial charge in [0.05, 0.1) is 6.61 Å². The highest BCUT2D eigenvalue weighted by molar-refractivity contribution is 5.73. The van der Waals surface area contributed by atoms with Gasteiger partial charge in [0.15, 0.2) is 18.5 Å². The molecular formula is C52H98O11. The average molecular weight is 899 g/mol. The zero-order chi connectivity index (χ0) is 46.0. The van der Waals surface area contributed by atoms with Gasteiger partial charge in [-0.25, -0.2) is 4.79 Å². The van der Waals surface area contributed by atoms with Crippen LogP contribution in [-0.2, 0) is 33.3 Å². The maximum atomic E-state index is 12.8. The van der Waals surface area contributed by atoms with Crippen molar-refractivity contribution in [3.8, 4) is 0 Å². The quantitative estimate of drug-likeness (QED) is 0.0339. The minimum absolute atomic E-state index is 0.191. The Morgan fingerprint density at radius 1 is 0.429 bits per heavy atom. The second-order valence-corrected chi connectivity index (χ2v) is 18.7. The van der Waals surface area contributed by atoms with E-state index in [-0.39, 0.29) is 26.1 Å². The summed E-state index contributed by atoms with van der Waals surface area (Å²) >= 11 is 0. The number of carboxylic acids is 1. The predicted octanol–water partition coefficient (Wildman–Crippen LogP) is 12.6. The Hall–Kier alpha value is -1.79. The van der Waals surface area contributed by atoms with Gasteiger partial charge in [-0.2, -0.15) is 0 Å². The molecule has 6 unspecified atom stereocenters. The first-order valence-electron chi connectivity index (χ1n) is 26.6. The smallest absolute Gasteiger partial charge is 0.335 e. The van der Waals surface area contributed by atoms with Gasteiger partial charge in [-0.15, -0.1) is 0 Å². The molecule has 1 aliphatic heterocycles. The van der Waals surface area contributed by atoms with E-state index in [9.17, 15) is 34.8 Å². The number of carbonyl (C=O) groups is 3. The fourth-order valence-corrected chi connectivity index (χ4v) is 8.53. The monoisotopic (exact) mass is 899 g/mol. The first-order valence-corrected chi connectivity index (χ1v) is 26.6. The average Bonchev–Trinajstić information content (AvgIpc) is 3.27. The van der Waals surface area contributed by atoms with Crippen LogP contribution < -0.4 is 0 Å². The zero-order valence-corrected chi connectivity index (χ0v) is 40.6. The summed E-state index contributed by atoms with van der Waals surface area (Å²) in [5, 5.41) is 39.9. The van der Waals surface area contributed by atoms with E-state index in [1.165, 1.54) is 186 Å². The van der Waals surface area contributed by atoms with Crippen LogP contribution in [-0.4, -0.2) is 88.4 Å². The number of aliphatic hydroxyl groups is 3. The van der Waals surface area contributed by atoms with Gasteiger partial charge >= 0.3 is 17.9 Å². The number of unbranched alkanes of at least 4 members (excludes halogenated alkanes) is 35. The van der Waals surface area contributed by atoms with Crippen LogP contribution in [0.5, 0.6) is 0 Å². The summed E-state index contributed by atoms with van der Waals surface area (Å²) in [5.74, 6) is -2.42. The maximum absolute atomic E-state index is 12.8. The number of aliphatic carboxylic acids is 1. The van der Waals surface area contributed by atoms with Crippen molar-refractivity contribution >= 4 is 17.9 Å². The summed E-state index contributed by atoms with van der Waals surface area (Å²) in [4.78, 5) is 36.9. The van der Waals surface area contributed by atoms with Gasteiger partial charge < -0.3 is 39.4 Å². The van der Waals surface area contributed by atoms with Crippen LogP contribution in [0.1, 0.15) is 264 Å². The Kier molecular flexibility index (Phi) is 40.3. The minimum atomic E-state index is -1.86. The molecule has 1 heterocycles. The number of hydrogen-bond acceptors (Lipinski definition) is 10. The molecule has 0 spiro atoms. The van der Waals surface area contributed by atoms with Crippen molar-refractivity contribution in [3.63, 3.8) is 0 Å². The van der Waals surface area contributed by atoms with Crippen LogP contribution in [0.3, 0.4) is 0 Å². The Balaban J connectivity index is 2.21. The van der Waals surface area contributed by atoms with E-state index in [1.54, 1.807) is 0 Å². The molecule has 6 atom stereocenters. The van der Waals surface area contributed by atoms with Crippen LogP contribution in [0.25, 0.3) is 0 Å². The summed E-state index contributed by atoms with van der Waals surface area (Å²) in [5.41, 5.74) is 0. The normalized spacial score (nSPS) is 19.3. The van der Waals surface area contributed by atoms with Crippen molar-refractivity contribution in [2.45, 2.75) is 301 Å². The van der Waals surface area contributed by atoms with E-state index in [1.807, 2.05) is 0 Å². The Morgan fingerprint density at radius 3 is 1.08 bits per heavy atom. The lowest BCUT2D eigenvalue weighted by atomic mass is 9.99. The standard InChI is InChI=1S/C52H98O11/c1-3-5-7-9-11-13-15-17-18-19-20-21-22-23-24-25-26-27-29-30-32-34-36-38-40-45(53)60-42-44(43-61-52-49(57)47(55)48(56)50(63-52)51(58)59)62-46(54)41-39-37-35-33-31-28-16-14-12-10-8-6-4-2/h44,47-50,52,55-57H,3-43H2,1-2H3,(H,58,59). The van der Waals surface area contributed by atoms with E-state index in [2.05, 4.69) is 13.8 Å². The molecule has 0 amide bonds. The lowest BCUT2D eigenvalue weighted by molar-refractivity contribution is -0.298. The van der Waals surface area contributed by atoms with Crippen molar-refractivity contribution in [1.82, 2.24) is 0 Å². The molecule has 0 saturated carbocycles. The predicted molar refractivity (Wildman–Crippen MR) is 253 cm³/mol. The van der Waals surface area contributed by atoms with Gasteiger partial charge in [0.25, 0.3) is 0 Å². The second kappa shape index (κ2) is 42.8. The number of carboxylic acid groups (broad SMARTS) is 1. The van der Waals surface area contributed by atoms with Crippen LogP contribution in [0.15, 0.2) is 0 Å². The Bertz CT molecular complexity index is 1060. The Labute approximate surface area is 384 Å². The molecule has 63 heavy (non-hydrogen) atoms. The highest BCUT2D eigenvalue weighted by Gasteiger charge is 2.47. The molecule has 0 bridgehead atoms. The number of rotatable bonds is 46. The van der Waals surface area contributed by atoms with Crippen molar-refractivity contribution in [3.05, 3.63) is 0 Å². The topological polar surface area (TPSA) is 169 Å². The molecule has 0 aliphatic carbocycles. The van der Waals surface area contributed by atoms with E-state index in [0.717, 1.165) is 38.5 Å². The van der Waals surface area contributed by atoms with Gasteiger partial charge in [-0.3, -0.25) is 9.59 Å². The first-order chi connectivity index (χ1) is 30.7. The fourth-order valence-electron chi connectivity index (χ4n) is 8.53. The molecular weight excluding hydrogens is 801 g/mol. The molecule has 4 N–H and O–H groups in total. The molecule has 0 radical (unpaired) electrons. The summed E-state index contributed by atoms with van der Waals surface area (Å²) in [7, 11) is 0. The van der Waals surface area contributed by atoms with Gasteiger partial charge in [-0.05, 0) is 12.8 Å². The van der Waals surface area contributed by atoms with Gasteiger partial charge in [0.2, 0.25) is 0 Å². The van der Waals surface area contributed by atoms with Crippen molar-refractivity contribution in [2.75, 3.05) is 13.2 Å². The van der Waals surface area contributed by atoms with Crippen LogP contribution >= 0.6 is 0 Å². The fraction of sp³-hybridized carbons (Fsp3) is 0.942. The molecule has 0 aromatic heterocycles. The van der Waals surface area contributed by atoms with E-state index < -0.39 is 54.7 Å². The van der Waals surface area contributed by atoms with Crippen molar-refractivity contribution in [2.24, 2.45) is 0 Å². The first kappa shape index (κ1) is 59.2. The third-order valence-corrected chi connectivity index (χ3v) is 12.7.